The van der Waals surface area contributed by atoms with Crippen molar-refractivity contribution in [3.63, 3.8) is 0 Å². The normalized spacial score (nSPS) is 21.7. The second-order valence-electron chi connectivity index (χ2n) is 8.29. The van der Waals surface area contributed by atoms with E-state index in [9.17, 15) is 4.79 Å². The zero-order valence-corrected chi connectivity index (χ0v) is 17.8. The van der Waals surface area contributed by atoms with E-state index >= 15 is 0 Å². The van der Waals surface area contributed by atoms with E-state index < -0.39 is 0 Å². The summed E-state index contributed by atoms with van der Waals surface area (Å²) >= 11 is 6.18. The molecule has 2 aliphatic rings. The third kappa shape index (κ3) is 2.89. The molecule has 160 valence electrons. The van der Waals surface area contributed by atoms with Crippen molar-refractivity contribution in [3.8, 4) is 6.07 Å². The molecule has 2 fully saturated rings. The van der Waals surface area contributed by atoms with Gasteiger partial charge in [0.05, 0.1) is 16.9 Å². The average Bonchev–Trinajstić information content (AvgIpc) is 3.21. The number of hydrogen-bond acceptors (Lipinski definition) is 8. The molecule has 1 saturated heterocycles. The lowest BCUT2D eigenvalue weighted by Gasteiger charge is -2.21. The van der Waals surface area contributed by atoms with Crippen molar-refractivity contribution >= 4 is 28.5 Å². The van der Waals surface area contributed by atoms with Gasteiger partial charge in [0.1, 0.15) is 18.9 Å². The quantitative estimate of drug-likeness (QED) is 0.464. The highest BCUT2D eigenvalue weighted by Gasteiger charge is 2.58. The first-order valence-corrected chi connectivity index (χ1v) is 10.5. The van der Waals surface area contributed by atoms with Crippen LogP contribution in [0.2, 0.25) is 5.02 Å². The van der Waals surface area contributed by atoms with Gasteiger partial charge in [-0.2, -0.15) is 10.2 Å². The highest BCUT2D eigenvalue weighted by molar-refractivity contribution is 6.32. The van der Waals surface area contributed by atoms with Gasteiger partial charge in [0.2, 0.25) is 5.89 Å². The van der Waals surface area contributed by atoms with E-state index in [1.165, 1.54) is 10.9 Å². The van der Waals surface area contributed by atoms with Gasteiger partial charge in [-0.05, 0) is 30.0 Å². The van der Waals surface area contributed by atoms with Crippen molar-refractivity contribution in [3.05, 3.63) is 63.5 Å². The molecule has 0 N–H and O–H groups in total. The van der Waals surface area contributed by atoms with Crippen molar-refractivity contribution in [2.75, 3.05) is 18.0 Å². The molecule has 3 atom stereocenters. The minimum Gasteiger partial charge on any atom is -0.371 e. The first-order chi connectivity index (χ1) is 15.5. The summed E-state index contributed by atoms with van der Waals surface area (Å²) in [6.07, 6.45) is 3.02. The average molecular weight is 449 g/mol. The molecule has 6 rings (SSSR count). The van der Waals surface area contributed by atoms with Crippen LogP contribution in [0, 0.1) is 23.2 Å². The van der Waals surface area contributed by atoms with Crippen LogP contribution >= 0.6 is 11.6 Å². The van der Waals surface area contributed by atoms with E-state index in [-0.39, 0.29) is 18.0 Å². The number of fused-ring (bicyclic) bond motifs is 2. The molecule has 4 aromatic rings. The van der Waals surface area contributed by atoms with Crippen LogP contribution in [0.4, 0.5) is 5.69 Å². The molecule has 1 saturated carbocycles. The number of halogens is 1. The van der Waals surface area contributed by atoms with Crippen molar-refractivity contribution in [1.29, 1.82) is 5.26 Å². The van der Waals surface area contributed by atoms with Gasteiger partial charge in [0.25, 0.3) is 5.56 Å². The van der Waals surface area contributed by atoms with Gasteiger partial charge in [0.15, 0.2) is 17.0 Å². The van der Waals surface area contributed by atoms with Crippen LogP contribution in [0.3, 0.4) is 0 Å². The Morgan fingerprint density at radius 1 is 1.25 bits per heavy atom. The molecule has 0 spiro atoms. The molecule has 1 aliphatic carbocycles. The largest absolute Gasteiger partial charge is 0.371 e. The topological polar surface area (TPSA) is 119 Å². The fourth-order valence-electron chi connectivity index (χ4n) is 4.71. The lowest BCUT2D eigenvalue weighted by Crippen LogP contribution is -2.24. The number of piperidine rings is 1. The maximum Gasteiger partial charge on any atom is 0.280 e. The van der Waals surface area contributed by atoms with Crippen LogP contribution in [-0.2, 0) is 13.6 Å². The number of imidazole rings is 1. The van der Waals surface area contributed by atoms with E-state index in [2.05, 4.69) is 31.1 Å². The van der Waals surface area contributed by atoms with Crippen molar-refractivity contribution < 1.29 is 4.52 Å². The number of rotatable bonds is 4. The molecular weight excluding hydrogens is 432 g/mol. The molecule has 10 nitrogen and oxygen atoms in total. The Morgan fingerprint density at radius 3 is 2.78 bits per heavy atom. The molecule has 1 aliphatic heterocycles. The summed E-state index contributed by atoms with van der Waals surface area (Å²) in [4.78, 5) is 27.8. The predicted octanol–water partition coefficient (Wildman–Crippen LogP) is 1.94. The number of nitrogens with zero attached hydrogens (tertiary/aromatic N) is 8. The SMILES string of the molecule is Cn1cnc2ncn(Cc3nc([C@@H]4[C@@H]5CN(c6ccc(C#N)c(Cl)c6)C[C@@H]54)no3)c(=O)c21. The van der Waals surface area contributed by atoms with Gasteiger partial charge in [-0.1, -0.05) is 16.8 Å². The number of benzene rings is 1. The lowest BCUT2D eigenvalue weighted by molar-refractivity contribution is 0.363. The lowest BCUT2D eigenvalue weighted by atomic mass is 10.2. The van der Waals surface area contributed by atoms with Crippen LogP contribution in [0.1, 0.15) is 23.2 Å². The standard InChI is InChI=1S/C21H17ClN8O2/c1-28-9-24-20-18(28)21(31)30(10-25-20)8-16-26-19(27-32-16)17-13-6-29(7-14(13)17)12-3-2-11(5-23)15(22)4-12/h2-4,9-10,13-14,17H,6-8H2,1H3/t13-,14+,17-. The molecule has 32 heavy (non-hydrogen) atoms. The van der Waals surface area contributed by atoms with Gasteiger partial charge in [0, 0.05) is 31.7 Å². The Kier molecular flexibility index (Phi) is 4.10. The molecule has 0 radical (unpaired) electrons. The second-order valence-corrected chi connectivity index (χ2v) is 8.69. The summed E-state index contributed by atoms with van der Waals surface area (Å²) in [5.41, 5.74) is 2.15. The van der Waals surface area contributed by atoms with Gasteiger partial charge < -0.3 is 14.0 Å². The van der Waals surface area contributed by atoms with Gasteiger partial charge in [-0.25, -0.2) is 9.97 Å². The van der Waals surface area contributed by atoms with E-state index in [1.807, 2.05) is 12.1 Å². The Bertz CT molecular complexity index is 1450. The summed E-state index contributed by atoms with van der Waals surface area (Å²) in [6, 6.07) is 7.62. The van der Waals surface area contributed by atoms with Crippen molar-refractivity contribution in [2.45, 2.75) is 12.5 Å². The van der Waals surface area contributed by atoms with Crippen LogP contribution in [0.25, 0.3) is 11.2 Å². The van der Waals surface area contributed by atoms with Crippen LogP contribution in [0.5, 0.6) is 0 Å². The van der Waals surface area contributed by atoms with E-state index in [0.717, 1.165) is 18.8 Å². The van der Waals surface area contributed by atoms with Crippen LogP contribution in [0.15, 0.2) is 40.2 Å². The molecule has 3 aromatic heterocycles. The summed E-state index contributed by atoms with van der Waals surface area (Å²) in [6.45, 7) is 1.92. The molecule has 0 bridgehead atoms. The summed E-state index contributed by atoms with van der Waals surface area (Å²) in [7, 11) is 1.76. The minimum atomic E-state index is -0.199. The number of hydrogen-bond donors (Lipinski definition) is 0. The molecule has 11 heteroatoms. The molecule has 0 unspecified atom stereocenters. The van der Waals surface area contributed by atoms with Gasteiger partial charge in [-0.15, -0.1) is 0 Å². The fourth-order valence-corrected chi connectivity index (χ4v) is 4.93. The van der Waals surface area contributed by atoms with Gasteiger partial charge in [-0.3, -0.25) is 9.36 Å². The maximum atomic E-state index is 12.7. The van der Waals surface area contributed by atoms with Crippen LogP contribution in [-0.4, -0.2) is 42.3 Å². The third-order valence-electron chi connectivity index (χ3n) is 6.42. The summed E-state index contributed by atoms with van der Waals surface area (Å²) in [5.74, 6) is 2.23. The van der Waals surface area contributed by atoms with E-state index in [1.54, 1.807) is 24.0 Å². The van der Waals surface area contributed by atoms with E-state index in [4.69, 9.17) is 21.4 Å². The molecule has 1 aromatic carbocycles. The number of aromatic nitrogens is 6. The van der Waals surface area contributed by atoms with Crippen molar-refractivity contribution in [2.24, 2.45) is 18.9 Å². The maximum absolute atomic E-state index is 12.7. The smallest absolute Gasteiger partial charge is 0.280 e. The third-order valence-corrected chi connectivity index (χ3v) is 6.73. The molecular formula is C21H17ClN8O2. The summed E-state index contributed by atoms with van der Waals surface area (Å²) < 4.78 is 8.54. The first-order valence-electron chi connectivity index (χ1n) is 10.2. The highest BCUT2D eigenvalue weighted by Crippen LogP contribution is 2.58. The zero-order chi connectivity index (χ0) is 22.0. The predicted molar refractivity (Wildman–Crippen MR) is 114 cm³/mol. The first kappa shape index (κ1) is 19.0. The Balaban J connectivity index is 1.15. The number of nitriles is 1. The molecule has 0 amide bonds. The van der Waals surface area contributed by atoms with Crippen molar-refractivity contribution in [1.82, 2.24) is 29.2 Å². The second kappa shape index (κ2) is 6.90. The van der Waals surface area contributed by atoms with Gasteiger partial charge >= 0.3 is 0 Å². The Labute approximate surface area is 186 Å². The van der Waals surface area contributed by atoms with Crippen LogP contribution < -0.4 is 10.5 Å². The number of aryl methyl sites for hydroxylation is 1. The highest BCUT2D eigenvalue weighted by atomic mass is 35.5. The summed E-state index contributed by atoms with van der Waals surface area (Å²) in [5, 5.41) is 13.7. The minimum absolute atomic E-state index is 0.165. The Hall–Kier alpha value is -3.71. The van der Waals surface area contributed by atoms with E-state index in [0.29, 0.717) is 45.3 Å². The molecule has 4 heterocycles. The monoisotopic (exact) mass is 448 g/mol. The fraction of sp³-hybridized carbons (Fsp3) is 0.333. The Morgan fingerprint density at radius 2 is 2.03 bits per heavy atom. The number of anilines is 1. The zero-order valence-electron chi connectivity index (χ0n) is 17.0.